The molecule has 0 heterocycles. The molecule has 0 aliphatic rings. The molecular weight excluding hydrogens is 208 g/mol. The Kier molecular flexibility index (Phi) is 5.76. The second kappa shape index (κ2) is 7.11. The van der Waals surface area contributed by atoms with E-state index in [1.165, 1.54) is 5.56 Å². The molecule has 0 aliphatic heterocycles. The van der Waals surface area contributed by atoms with Gasteiger partial charge in [0.2, 0.25) is 0 Å². The molecule has 2 unspecified atom stereocenters. The second-order valence-corrected chi connectivity index (χ2v) is 4.55. The predicted molar refractivity (Wildman–Crippen MR) is 73.7 cm³/mol. The van der Waals surface area contributed by atoms with E-state index < -0.39 is 0 Å². The largest absolute Gasteiger partial charge is 0.302 e. The summed E-state index contributed by atoms with van der Waals surface area (Å²) in [6.07, 6.45) is 5.33. The molecule has 17 heavy (non-hydrogen) atoms. The van der Waals surface area contributed by atoms with E-state index in [4.69, 9.17) is 6.42 Å². The molecule has 2 heteroatoms. The molecule has 0 fully saturated rings. The van der Waals surface area contributed by atoms with Gasteiger partial charge in [0.05, 0.1) is 6.04 Å². The molecule has 0 saturated heterocycles. The first-order chi connectivity index (χ1) is 8.13. The Bertz CT molecular complexity index is 353. The van der Waals surface area contributed by atoms with Crippen LogP contribution in [0.1, 0.15) is 19.4 Å². The summed E-state index contributed by atoms with van der Waals surface area (Å²) in [5, 5.41) is 3.32. The van der Waals surface area contributed by atoms with Crippen molar-refractivity contribution in [3.63, 3.8) is 0 Å². The SMILES string of the molecule is C#CC(C)NCC(C)N(C)Cc1ccccc1. The highest BCUT2D eigenvalue weighted by Gasteiger charge is 2.09. The summed E-state index contributed by atoms with van der Waals surface area (Å²) in [7, 11) is 2.14. The first kappa shape index (κ1) is 13.8. The molecule has 0 spiro atoms. The van der Waals surface area contributed by atoms with Crippen LogP contribution in [0.5, 0.6) is 0 Å². The van der Waals surface area contributed by atoms with Gasteiger partial charge in [0, 0.05) is 19.1 Å². The minimum absolute atomic E-state index is 0.141. The highest BCUT2D eigenvalue weighted by Crippen LogP contribution is 2.05. The number of likely N-dealkylation sites (N-methyl/N-ethyl adjacent to an activating group) is 1. The standard InChI is InChI=1S/C15H22N2/c1-5-13(2)16-11-14(3)17(4)12-15-9-7-6-8-10-15/h1,6-10,13-14,16H,11-12H2,2-4H3. The van der Waals surface area contributed by atoms with Crippen LogP contribution in [0.25, 0.3) is 0 Å². The highest BCUT2D eigenvalue weighted by atomic mass is 15.1. The number of hydrogen-bond acceptors (Lipinski definition) is 2. The molecule has 0 bridgehead atoms. The van der Waals surface area contributed by atoms with Crippen molar-refractivity contribution in [2.24, 2.45) is 0 Å². The van der Waals surface area contributed by atoms with Gasteiger partial charge >= 0.3 is 0 Å². The molecule has 0 aromatic heterocycles. The number of terminal acetylenes is 1. The molecule has 1 aromatic carbocycles. The quantitative estimate of drug-likeness (QED) is 0.753. The Balaban J connectivity index is 2.37. The zero-order valence-corrected chi connectivity index (χ0v) is 11.0. The molecule has 0 aliphatic carbocycles. The minimum atomic E-state index is 0.141. The Labute approximate surface area is 105 Å². The molecule has 1 N–H and O–H groups in total. The Morgan fingerprint density at radius 3 is 2.53 bits per heavy atom. The summed E-state index contributed by atoms with van der Waals surface area (Å²) in [5.41, 5.74) is 1.34. The van der Waals surface area contributed by atoms with E-state index in [0.717, 1.165) is 13.1 Å². The van der Waals surface area contributed by atoms with Crippen molar-refractivity contribution in [2.75, 3.05) is 13.6 Å². The summed E-state index contributed by atoms with van der Waals surface area (Å²) >= 11 is 0. The number of rotatable bonds is 6. The molecule has 0 amide bonds. The van der Waals surface area contributed by atoms with E-state index in [2.05, 4.69) is 54.4 Å². The average molecular weight is 230 g/mol. The van der Waals surface area contributed by atoms with Crippen LogP contribution in [0.2, 0.25) is 0 Å². The first-order valence-corrected chi connectivity index (χ1v) is 6.07. The van der Waals surface area contributed by atoms with Crippen molar-refractivity contribution >= 4 is 0 Å². The van der Waals surface area contributed by atoms with E-state index >= 15 is 0 Å². The van der Waals surface area contributed by atoms with Crippen LogP contribution < -0.4 is 5.32 Å². The van der Waals surface area contributed by atoms with Gasteiger partial charge in [0.1, 0.15) is 0 Å². The minimum Gasteiger partial charge on any atom is -0.302 e. The summed E-state index contributed by atoms with van der Waals surface area (Å²) in [6.45, 7) is 6.09. The average Bonchev–Trinajstić information content (AvgIpc) is 2.36. The monoisotopic (exact) mass is 230 g/mol. The van der Waals surface area contributed by atoms with Gasteiger partial charge < -0.3 is 5.32 Å². The number of nitrogens with one attached hydrogen (secondary N) is 1. The van der Waals surface area contributed by atoms with Gasteiger partial charge in [-0.05, 0) is 26.5 Å². The van der Waals surface area contributed by atoms with Crippen molar-refractivity contribution in [3.8, 4) is 12.3 Å². The summed E-state index contributed by atoms with van der Waals surface area (Å²) in [4.78, 5) is 2.32. The van der Waals surface area contributed by atoms with E-state index in [-0.39, 0.29) is 6.04 Å². The Morgan fingerprint density at radius 2 is 1.94 bits per heavy atom. The fourth-order valence-corrected chi connectivity index (χ4v) is 1.59. The maximum absolute atomic E-state index is 5.33. The third-order valence-corrected chi connectivity index (χ3v) is 3.00. The van der Waals surface area contributed by atoms with Crippen molar-refractivity contribution in [1.82, 2.24) is 10.2 Å². The van der Waals surface area contributed by atoms with Crippen molar-refractivity contribution in [1.29, 1.82) is 0 Å². The Hall–Kier alpha value is -1.30. The maximum atomic E-state index is 5.33. The van der Waals surface area contributed by atoms with Crippen LogP contribution in [0, 0.1) is 12.3 Å². The molecule has 2 atom stereocenters. The zero-order chi connectivity index (χ0) is 12.7. The summed E-state index contributed by atoms with van der Waals surface area (Å²) in [6, 6.07) is 11.1. The van der Waals surface area contributed by atoms with Crippen molar-refractivity contribution < 1.29 is 0 Å². The molecular formula is C15H22N2. The Morgan fingerprint density at radius 1 is 1.29 bits per heavy atom. The molecule has 1 aromatic rings. The van der Waals surface area contributed by atoms with Crippen LogP contribution in [-0.2, 0) is 6.54 Å². The lowest BCUT2D eigenvalue weighted by Gasteiger charge is -2.25. The third kappa shape index (κ3) is 5.04. The summed E-state index contributed by atoms with van der Waals surface area (Å²) < 4.78 is 0. The van der Waals surface area contributed by atoms with Crippen molar-refractivity contribution in [3.05, 3.63) is 35.9 Å². The molecule has 92 valence electrons. The predicted octanol–water partition coefficient (Wildman–Crippen LogP) is 2.12. The van der Waals surface area contributed by atoms with Crippen LogP contribution >= 0.6 is 0 Å². The molecule has 0 saturated carbocycles. The third-order valence-electron chi connectivity index (χ3n) is 3.00. The fourth-order valence-electron chi connectivity index (χ4n) is 1.59. The van der Waals surface area contributed by atoms with Crippen molar-refractivity contribution in [2.45, 2.75) is 32.5 Å². The number of hydrogen-bond donors (Lipinski definition) is 1. The van der Waals surface area contributed by atoms with Crippen LogP contribution in [0.3, 0.4) is 0 Å². The maximum Gasteiger partial charge on any atom is 0.0658 e. The van der Waals surface area contributed by atoms with Gasteiger partial charge in [-0.15, -0.1) is 6.42 Å². The molecule has 0 radical (unpaired) electrons. The van der Waals surface area contributed by atoms with E-state index in [9.17, 15) is 0 Å². The van der Waals surface area contributed by atoms with Crippen LogP contribution in [0.15, 0.2) is 30.3 Å². The van der Waals surface area contributed by atoms with Crippen LogP contribution in [-0.4, -0.2) is 30.6 Å². The van der Waals surface area contributed by atoms with E-state index in [1.54, 1.807) is 0 Å². The lowest BCUT2D eigenvalue weighted by Crippen LogP contribution is -2.40. The topological polar surface area (TPSA) is 15.3 Å². The highest BCUT2D eigenvalue weighted by molar-refractivity contribution is 5.14. The van der Waals surface area contributed by atoms with E-state index in [1.807, 2.05) is 13.0 Å². The van der Waals surface area contributed by atoms with Gasteiger partial charge in [-0.1, -0.05) is 36.3 Å². The van der Waals surface area contributed by atoms with E-state index in [0.29, 0.717) is 6.04 Å². The van der Waals surface area contributed by atoms with Gasteiger partial charge in [-0.25, -0.2) is 0 Å². The molecule has 2 nitrogen and oxygen atoms in total. The van der Waals surface area contributed by atoms with Gasteiger partial charge in [-0.2, -0.15) is 0 Å². The zero-order valence-electron chi connectivity index (χ0n) is 11.0. The van der Waals surface area contributed by atoms with Gasteiger partial charge in [0.15, 0.2) is 0 Å². The van der Waals surface area contributed by atoms with Gasteiger partial charge in [0.25, 0.3) is 0 Å². The lowest BCUT2D eigenvalue weighted by atomic mass is 10.2. The second-order valence-electron chi connectivity index (χ2n) is 4.55. The summed E-state index contributed by atoms with van der Waals surface area (Å²) in [5.74, 6) is 2.68. The number of benzene rings is 1. The molecule has 1 rings (SSSR count). The van der Waals surface area contributed by atoms with Crippen LogP contribution in [0.4, 0.5) is 0 Å². The fraction of sp³-hybridized carbons (Fsp3) is 0.467. The smallest absolute Gasteiger partial charge is 0.0658 e. The first-order valence-electron chi connectivity index (χ1n) is 6.07. The normalized spacial score (nSPS) is 14.3. The number of nitrogens with zero attached hydrogens (tertiary/aromatic N) is 1. The van der Waals surface area contributed by atoms with Gasteiger partial charge in [-0.3, -0.25) is 4.90 Å². The lowest BCUT2D eigenvalue weighted by molar-refractivity contribution is 0.241.